The summed E-state index contributed by atoms with van der Waals surface area (Å²) in [4.78, 5) is 3.81. The van der Waals surface area contributed by atoms with Crippen LogP contribution >= 0.6 is 0 Å². The van der Waals surface area contributed by atoms with Gasteiger partial charge in [-0.2, -0.15) is 0 Å². The first-order valence-corrected chi connectivity index (χ1v) is 4.55. The molecule has 1 aromatic heterocycles. The van der Waals surface area contributed by atoms with E-state index in [1.54, 1.807) is 11.0 Å². The van der Waals surface area contributed by atoms with Crippen molar-refractivity contribution in [2.24, 2.45) is 0 Å². The molecule has 1 fully saturated rings. The minimum absolute atomic E-state index is 0.292. The molecule has 5 nitrogen and oxygen atoms in total. The molecule has 2 rings (SSSR count). The average Bonchev–Trinajstić information content (AvgIpc) is 2.44. The molecule has 0 atom stereocenters. The number of aromatic nitrogens is 3. The van der Waals surface area contributed by atoms with Gasteiger partial charge in [-0.3, -0.25) is 4.68 Å². The van der Waals surface area contributed by atoms with Gasteiger partial charge in [-0.1, -0.05) is 0 Å². The second-order valence-corrected chi connectivity index (χ2v) is 3.69. The maximum Gasteiger partial charge on any atom is 0.239 e. The summed E-state index contributed by atoms with van der Waals surface area (Å²) >= 11 is 0. The fourth-order valence-electron chi connectivity index (χ4n) is 1.57. The van der Waals surface area contributed by atoms with E-state index in [1.807, 2.05) is 0 Å². The van der Waals surface area contributed by atoms with Gasteiger partial charge in [0.25, 0.3) is 0 Å². The zero-order valence-corrected chi connectivity index (χ0v) is 7.48. The number of nitrogens with two attached hydrogens (primary N) is 1. The Morgan fingerprint density at radius 1 is 1.62 bits per heavy atom. The highest BCUT2D eigenvalue weighted by Crippen LogP contribution is 2.34. The summed E-state index contributed by atoms with van der Waals surface area (Å²) in [5.41, 5.74) is 4.92. The van der Waals surface area contributed by atoms with Crippen LogP contribution < -0.4 is 5.73 Å². The smallest absolute Gasteiger partial charge is 0.239 e. The first kappa shape index (κ1) is 8.50. The monoisotopic (exact) mass is 182 g/mol. The Labute approximate surface area is 76.6 Å². The minimum atomic E-state index is -0.444. The predicted molar refractivity (Wildman–Crippen MR) is 47.9 cm³/mol. The van der Waals surface area contributed by atoms with Crippen LogP contribution in [0.15, 0.2) is 6.33 Å². The van der Waals surface area contributed by atoms with E-state index in [4.69, 9.17) is 5.73 Å². The summed E-state index contributed by atoms with van der Waals surface area (Å²) in [5, 5.41) is 13.7. The van der Waals surface area contributed by atoms with Crippen molar-refractivity contribution in [1.29, 1.82) is 0 Å². The van der Waals surface area contributed by atoms with Crippen molar-refractivity contribution in [3.8, 4) is 0 Å². The summed E-state index contributed by atoms with van der Waals surface area (Å²) in [6.07, 6.45) is 5.30. The van der Waals surface area contributed by atoms with Gasteiger partial charge in [-0.15, -0.1) is 5.10 Å². The summed E-state index contributed by atoms with van der Waals surface area (Å²) < 4.78 is 1.67. The third-order valence-electron chi connectivity index (χ3n) is 2.64. The van der Waals surface area contributed by atoms with Crippen LogP contribution in [0, 0.1) is 0 Å². The molecule has 0 spiro atoms. The van der Waals surface area contributed by atoms with E-state index in [0.717, 1.165) is 25.7 Å². The zero-order valence-electron chi connectivity index (χ0n) is 7.48. The van der Waals surface area contributed by atoms with E-state index in [2.05, 4.69) is 10.1 Å². The van der Waals surface area contributed by atoms with Crippen LogP contribution in [0.25, 0.3) is 0 Å². The standard InChI is InChI=1S/C8H14N4O/c9-7-10-6-12(11-7)5-4-8(13)2-1-3-8/h6,13H,1-5H2,(H2,9,11). The van der Waals surface area contributed by atoms with Crippen LogP contribution in [0.3, 0.4) is 0 Å². The number of rotatable bonds is 3. The number of aryl methyl sites for hydroxylation is 1. The van der Waals surface area contributed by atoms with Gasteiger partial charge in [0.2, 0.25) is 5.95 Å². The van der Waals surface area contributed by atoms with E-state index < -0.39 is 5.60 Å². The Bertz CT molecular complexity index is 292. The van der Waals surface area contributed by atoms with E-state index in [0.29, 0.717) is 12.5 Å². The van der Waals surface area contributed by atoms with Crippen LogP contribution in [-0.2, 0) is 6.54 Å². The molecule has 1 saturated carbocycles. The van der Waals surface area contributed by atoms with E-state index in [-0.39, 0.29) is 0 Å². The van der Waals surface area contributed by atoms with Crippen molar-refractivity contribution >= 4 is 5.95 Å². The molecule has 1 aliphatic rings. The van der Waals surface area contributed by atoms with Crippen molar-refractivity contribution < 1.29 is 5.11 Å². The molecule has 1 heterocycles. The normalized spacial score (nSPS) is 19.8. The Hall–Kier alpha value is -1.10. The Kier molecular flexibility index (Phi) is 1.95. The lowest BCUT2D eigenvalue weighted by atomic mass is 9.78. The fourth-order valence-corrected chi connectivity index (χ4v) is 1.57. The maximum absolute atomic E-state index is 9.79. The van der Waals surface area contributed by atoms with Gasteiger partial charge in [-0.05, 0) is 25.7 Å². The fraction of sp³-hybridized carbons (Fsp3) is 0.750. The minimum Gasteiger partial charge on any atom is -0.390 e. The highest BCUT2D eigenvalue weighted by Gasteiger charge is 2.33. The molecule has 0 bridgehead atoms. The number of hydrogen-bond acceptors (Lipinski definition) is 4. The molecule has 0 saturated heterocycles. The first-order valence-electron chi connectivity index (χ1n) is 4.55. The summed E-state index contributed by atoms with van der Waals surface area (Å²) in [5.74, 6) is 0.292. The summed E-state index contributed by atoms with van der Waals surface area (Å²) in [6, 6.07) is 0. The van der Waals surface area contributed by atoms with E-state index in [1.165, 1.54) is 0 Å². The number of nitrogens with zero attached hydrogens (tertiary/aromatic N) is 3. The third kappa shape index (κ3) is 1.80. The predicted octanol–water partition coefficient (Wildman–Crippen LogP) is 0.165. The highest BCUT2D eigenvalue weighted by molar-refractivity contribution is 5.09. The lowest BCUT2D eigenvalue weighted by molar-refractivity contribution is -0.0438. The molecule has 0 unspecified atom stereocenters. The van der Waals surface area contributed by atoms with Gasteiger partial charge in [0, 0.05) is 6.54 Å². The van der Waals surface area contributed by atoms with Crippen molar-refractivity contribution in [1.82, 2.24) is 14.8 Å². The average molecular weight is 182 g/mol. The van der Waals surface area contributed by atoms with Gasteiger partial charge < -0.3 is 10.8 Å². The number of nitrogen functional groups attached to an aromatic ring is 1. The van der Waals surface area contributed by atoms with Crippen molar-refractivity contribution in [3.05, 3.63) is 6.33 Å². The highest BCUT2D eigenvalue weighted by atomic mass is 16.3. The molecule has 0 aliphatic heterocycles. The SMILES string of the molecule is Nc1ncn(CCC2(O)CCC2)n1. The van der Waals surface area contributed by atoms with Gasteiger partial charge >= 0.3 is 0 Å². The topological polar surface area (TPSA) is 77.0 Å². The van der Waals surface area contributed by atoms with E-state index >= 15 is 0 Å². The molecule has 3 N–H and O–H groups in total. The van der Waals surface area contributed by atoms with Crippen molar-refractivity contribution in [2.45, 2.75) is 37.8 Å². The Morgan fingerprint density at radius 3 is 2.85 bits per heavy atom. The van der Waals surface area contributed by atoms with Gasteiger partial charge in [-0.25, -0.2) is 4.98 Å². The Balaban J connectivity index is 1.85. The summed E-state index contributed by atoms with van der Waals surface area (Å²) in [7, 11) is 0. The van der Waals surface area contributed by atoms with Crippen LogP contribution in [0.4, 0.5) is 5.95 Å². The van der Waals surface area contributed by atoms with Gasteiger partial charge in [0.15, 0.2) is 0 Å². The summed E-state index contributed by atoms with van der Waals surface area (Å²) in [6.45, 7) is 0.695. The van der Waals surface area contributed by atoms with Crippen molar-refractivity contribution in [2.75, 3.05) is 5.73 Å². The van der Waals surface area contributed by atoms with Gasteiger partial charge in [0.1, 0.15) is 6.33 Å². The molecular weight excluding hydrogens is 168 g/mol. The Morgan fingerprint density at radius 2 is 2.38 bits per heavy atom. The first-order chi connectivity index (χ1) is 6.18. The van der Waals surface area contributed by atoms with E-state index in [9.17, 15) is 5.11 Å². The largest absolute Gasteiger partial charge is 0.390 e. The van der Waals surface area contributed by atoms with Gasteiger partial charge in [0.05, 0.1) is 5.60 Å². The molecule has 0 aromatic carbocycles. The van der Waals surface area contributed by atoms with Crippen LogP contribution in [-0.4, -0.2) is 25.5 Å². The second-order valence-electron chi connectivity index (χ2n) is 3.69. The zero-order chi connectivity index (χ0) is 9.31. The molecule has 5 heteroatoms. The molecule has 1 aromatic rings. The van der Waals surface area contributed by atoms with Crippen LogP contribution in [0.2, 0.25) is 0 Å². The number of anilines is 1. The van der Waals surface area contributed by atoms with Crippen LogP contribution in [0.1, 0.15) is 25.7 Å². The lowest BCUT2D eigenvalue weighted by Crippen LogP contribution is -2.37. The number of hydrogen-bond donors (Lipinski definition) is 2. The maximum atomic E-state index is 9.79. The molecule has 0 amide bonds. The molecule has 1 aliphatic carbocycles. The molecule has 13 heavy (non-hydrogen) atoms. The van der Waals surface area contributed by atoms with Crippen LogP contribution in [0.5, 0.6) is 0 Å². The third-order valence-corrected chi connectivity index (χ3v) is 2.64. The number of aliphatic hydroxyl groups is 1. The second kappa shape index (κ2) is 2.99. The molecule has 72 valence electrons. The molecular formula is C8H14N4O. The van der Waals surface area contributed by atoms with Crippen molar-refractivity contribution in [3.63, 3.8) is 0 Å². The lowest BCUT2D eigenvalue weighted by Gasteiger charge is -2.36. The molecule has 0 radical (unpaired) electrons. The quantitative estimate of drug-likeness (QED) is 0.698.